The number of hydrogen-bond donors (Lipinski definition) is 1. The third-order valence-electron chi connectivity index (χ3n) is 4.78. The van der Waals surface area contributed by atoms with E-state index in [1.165, 1.54) is 0 Å². The molecule has 1 fully saturated rings. The normalized spacial score (nSPS) is 13.2. The van der Waals surface area contributed by atoms with E-state index in [9.17, 15) is 4.79 Å². The van der Waals surface area contributed by atoms with E-state index < -0.39 is 0 Å². The van der Waals surface area contributed by atoms with Crippen molar-refractivity contribution in [3.8, 4) is 33.3 Å². The van der Waals surface area contributed by atoms with Crippen molar-refractivity contribution in [1.82, 2.24) is 4.98 Å². The van der Waals surface area contributed by atoms with Crippen LogP contribution in [0.3, 0.4) is 0 Å². The summed E-state index contributed by atoms with van der Waals surface area (Å²) < 4.78 is 10.7. The first-order chi connectivity index (χ1) is 13.6. The zero-order valence-electron chi connectivity index (χ0n) is 16.1. The van der Waals surface area contributed by atoms with Crippen LogP contribution in [0.4, 0.5) is 5.69 Å². The molecule has 1 heterocycles. The molecule has 0 unspecified atom stereocenters. The van der Waals surface area contributed by atoms with Gasteiger partial charge >= 0.3 is 0 Å². The Labute approximate surface area is 168 Å². The van der Waals surface area contributed by atoms with E-state index in [4.69, 9.17) is 14.5 Å². The van der Waals surface area contributed by atoms with Crippen LogP contribution in [0.25, 0.3) is 21.8 Å². The average Bonchev–Trinajstić information content (AvgIpc) is 3.50. The summed E-state index contributed by atoms with van der Waals surface area (Å²) in [6.07, 6.45) is 1.98. The van der Waals surface area contributed by atoms with Gasteiger partial charge in [-0.15, -0.1) is 11.3 Å². The molecule has 144 valence electrons. The van der Waals surface area contributed by atoms with E-state index in [-0.39, 0.29) is 11.8 Å². The first-order valence-electron chi connectivity index (χ1n) is 9.20. The maximum absolute atomic E-state index is 12.0. The Hall–Kier alpha value is -2.86. The number of rotatable bonds is 6. The summed E-state index contributed by atoms with van der Waals surface area (Å²) in [6, 6.07) is 13.7. The number of nitrogens with zero attached hydrogens (tertiary/aromatic N) is 1. The number of nitrogens with one attached hydrogen (secondary N) is 1. The van der Waals surface area contributed by atoms with E-state index in [2.05, 4.69) is 12.2 Å². The lowest BCUT2D eigenvalue weighted by Crippen LogP contribution is -2.13. The second-order valence-corrected chi connectivity index (χ2v) is 8.04. The summed E-state index contributed by atoms with van der Waals surface area (Å²) in [5, 5.41) is 3.92. The van der Waals surface area contributed by atoms with Crippen LogP contribution in [0.15, 0.2) is 42.5 Å². The number of hydrogen-bond acceptors (Lipinski definition) is 5. The van der Waals surface area contributed by atoms with Crippen LogP contribution in [0.2, 0.25) is 0 Å². The van der Waals surface area contributed by atoms with Crippen LogP contribution in [-0.2, 0) is 4.79 Å². The third kappa shape index (κ3) is 3.73. The molecule has 0 atom stereocenters. The second kappa shape index (κ2) is 7.64. The van der Waals surface area contributed by atoms with Gasteiger partial charge in [0.25, 0.3) is 0 Å². The van der Waals surface area contributed by atoms with Crippen LogP contribution >= 0.6 is 11.3 Å². The SMILES string of the molecule is COc1ccc(-c2nc(-c3cccc(NC(=O)C4CC4)c3)sc2C)cc1OC. The highest BCUT2D eigenvalue weighted by atomic mass is 32.1. The Morgan fingerprint density at radius 1 is 1.07 bits per heavy atom. The Morgan fingerprint density at radius 2 is 1.86 bits per heavy atom. The van der Waals surface area contributed by atoms with Crippen molar-refractivity contribution >= 4 is 22.9 Å². The lowest BCUT2D eigenvalue weighted by Gasteiger charge is -2.09. The minimum atomic E-state index is 0.110. The molecule has 1 aliphatic rings. The summed E-state index contributed by atoms with van der Waals surface area (Å²) in [5.41, 5.74) is 3.72. The molecule has 1 amide bonds. The Bertz CT molecular complexity index is 1020. The lowest BCUT2D eigenvalue weighted by atomic mass is 10.1. The molecular weight excluding hydrogens is 372 g/mol. The summed E-state index contributed by atoms with van der Waals surface area (Å²) in [7, 11) is 3.25. The van der Waals surface area contributed by atoms with Crippen molar-refractivity contribution in [3.63, 3.8) is 0 Å². The predicted octanol–water partition coefficient (Wildman–Crippen LogP) is 5.15. The number of carbonyl (C=O) groups is 1. The van der Waals surface area contributed by atoms with Crippen LogP contribution < -0.4 is 14.8 Å². The molecule has 0 spiro atoms. The van der Waals surface area contributed by atoms with Crippen molar-refractivity contribution in [2.75, 3.05) is 19.5 Å². The number of amides is 1. The molecule has 1 aromatic heterocycles. The van der Waals surface area contributed by atoms with Gasteiger partial charge in [-0.05, 0) is 50.1 Å². The molecule has 0 radical (unpaired) electrons. The first-order valence-corrected chi connectivity index (χ1v) is 10.0. The number of ether oxygens (including phenoxy) is 2. The zero-order valence-corrected chi connectivity index (χ0v) is 16.9. The fourth-order valence-corrected chi connectivity index (χ4v) is 4.02. The molecule has 0 saturated heterocycles. The number of aromatic nitrogens is 1. The van der Waals surface area contributed by atoms with Crippen LogP contribution in [0.1, 0.15) is 17.7 Å². The Balaban J connectivity index is 1.63. The molecule has 0 bridgehead atoms. The van der Waals surface area contributed by atoms with Gasteiger partial charge in [0.2, 0.25) is 5.91 Å². The molecule has 2 aromatic carbocycles. The monoisotopic (exact) mass is 394 g/mol. The standard InChI is InChI=1S/C22H22N2O3S/c1-13-20(15-9-10-18(26-2)19(12-15)27-3)24-22(28-13)16-5-4-6-17(11-16)23-21(25)14-7-8-14/h4-6,9-12,14H,7-8H2,1-3H3,(H,23,25). The minimum Gasteiger partial charge on any atom is -0.493 e. The van der Waals surface area contributed by atoms with Crippen molar-refractivity contribution in [3.05, 3.63) is 47.3 Å². The van der Waals surface area contributed by atoms with Gasteiger partial charge in [0, 0.05) is 27.6 Å². The second-order valence-electron chi connectivity index (χ2n) is 6.84. The van der Waals surface area contributed by atoms with Crippen molar-refractivity contribution < 1.29 is 14.3 Å². The van der Waals surface area contributed by atoms with Gasteiger partial charge in [-0.3, -0.25) is 4.79 Å². The van der Waals surface area contributed by atoms with Gasteiger partial charge in [0.15, 0.2) is 11.5 Å². The molecular formula is C22H22N2O3S. The number of anilines is 1. The van der Waals surface area contributed by atoms with Gasteiger partial charge in [-0.25, -0.2) is 4.98 Å². The van der Waals surface area contributed by atoms with Gasteiger partial charge in [0.05, 0.1) is 19.9 Å². The summed E-state index contributed by atoms with van der Waals surface area (Å²) >= 11 is 1.64. The summed E-state index contributed by atoms with van der Waals surface area (Å²) in [6.45, 7) is 2.06. The largest absolute Gasteiger partial charge is 0.493 e. The molecule has 1 aliphatic carbocycles. The van der Waals surface area contributed by atoms with Gasteiger partial charge < -0.3 is 14.8 Å². The number of benzene rings is 2. The summed E-state index contributed by atoms with van der Waals surface area (Å²) in [4.78, 5) is 18.0. The van der Waals surface area contributed by atoms with Crippen molar-refractivity contribution in [1.29, 1.82) is 0 Å². The van der Waals surface area contributed by atoms with Crippen molar-refractivity contribution in [2.45, 2.75) is 19.8 Å². The lowest BCUT2D eigenvalue weighted by molar-refractivity contribution is -0.117. The molecule has 0 aliphatic heterocycles. The Morgan fingerprint density at radius 3 is 2.57 bits per heavy atom. The average molecular weight is 394 g/mol. The number of carbonyl (C=O) groups excluding carboxylic acids is 1. The van der Waals surface area contributed by atoms with Crippen LogP contribution in [-0.4, -0.2) is 25.1 Å². The topological polar surface area (TPSA) is 60.5 Å². The molecule has 1 saturated carbocycles. The van der Waals surface area contributed by atoms with Crippen LogP contribution in [0.5, 0.6) is 11.5 Å². The first kappa shape index (κ1) is 18.5. The highest BCUT2D eigenvalue weighted by Gasteiger charge is 2.29. The number of aryl methyl sites for hydroxylation is 1. The predicted molar refractivity (Wildman–Crippen MR) is 112 cm³/mol. The highest BCUT2D eigenvalue weighted by Crippen LogP contribution is 2.38. The minimum absolute atomic E-state index is 0.110. The number of methoxy groups -OCH3 is 2. The van der Waals surface area contributed by atoms with E-state index in [1.54, 1.807) is 25.6 Å². The molecule has 4 rings (SSSR count). The van der Waals surface area contributed by atoms with Gasteiger partial charge in [-0.2, -0.15) is 0 Å². The van der Waals surface area contributed by atoms with Crippen LogP contribution in [0, 0.1) is 12.8 Å². The maximum atomic E-state index is 12.0. The fourth-order valence-electron chi connectivity index (χ4n) is 3.09. The molecule has 6 heteroatoms. The number of thiazole rings is 1. The fraction of sp³-hybridized carbons (Fsp3) is 0.273. The maximum Gasteiger partial charge on any atom is 0.227 e. The smallest absolute Gasteiger partial charge is 0.227 e. The van der Waals surface area contributed by atoms with E-state index >= 15 is 0 Å². The van der Waals surface area contributed by atoms with Crippen molar-refractivity contribution in [2.24, 2.45) is 5.92 Å². The molecule has 3 aromatic rings. The summed E-state index contributed by atoms with van der Waals surface area (Å²) in [5.74, 6) is 1.66. The zero-order chi connectivity index (χ0) is 19.7. The van der Waals surface area contributed by atoms with E-state index in [1.807, 2.05) is 42.5 Å². The van der Waals surface area contributed by atoms with E-state index in [0.717, 1.165) is 45.2 Å². The third-order valence-corrected chi connectivity index (χ3v) is 5.80. The molecule has 1 N–H and O–H groups in total. The Kier molecular flexibility index (Phi) is 5.05. The molecule has 28 heavy (non-hydrogen) atoms. The van der Waals surface area contributed by atoms with Gasteiger partial charge in [-0.1, -0.05) is 12.1 Å². The molecule has 5 nitrogen and oxygen atoms in total. The quantitative estimate of drug-likeness (QED) is 0.628. The highest BCUT2D eigenvalue weighted by molar-refractivity contribution is 7.15. The van der Waals surface area contributed by atoms with Gasteiger partial charge in [0.1, 0.15) is 5.01 Å². The van der Waals surface area contributed by atoms with E-state index in [0.29, 0.717) is 11.5 Å².